The van der Waals surface area contributed by atoms with Gasteiger partial charge in [-0.1, -0.05) is 26.7 Å². The minimum Gasteiger partial charge on any atom is -0.357 e. The fraction of sp³-hybridized carbons (Fsp3) is 1.00. The van der Waals surface area contributed by atoms with Gasteiger partial charge in [0.05, 0.1) is 0 Å². The van der Waals surface area contributed by atoms with E-state index in [1.807, 2.05) is 0 Å². The molecule has 3 rings (SSSR count). The van der Waals surface area contributed by atoms with Crippen molar-refractivity contribution in [2.45, 2.75) is 58.5 Å². The minimum atomic E-state index is 0.708. The summed E-state index contributed by atoms with van der Waals surface area (Å²) in [5.41, 5.74) is 0. The normalized spacial score (nSPS) is 27.3. The summed E-state index contributed by atoms with van der Waals surface area (Å²) < 4.78 is 8.42. The number of nitrogens with zero attached hydrogens (tertiary/aromatic N) is 3. The maximum absolute atomic E-state index is 2.83. The van der Waals surface area contributed by atoms with Gasteiger partial charge in [0, 0.05) is 0 Å². The van der Waals surface area contributed by atoms with Crippen LogP contribution >= 0.6 is 0 Å². The van der Waals surface area contributed by atoms with Crippen molar-refractivity contribution >= 4 is 20.9 Å². The van der Waals surface area contributed by atoms with Crippen LogP contribution in [-0.4, -0.2) is 54.7 Å². The number of fused-ring (bicyclic) bond motifs is 3. The third-order valence-electron chi connectivity index (χ3n) is 5.28. The minimum absolute atomic E-state index is 0.708. The third kappa shape index (κ3) is 2.06. The molecule has 6 heteroatoms. The van der Waals surface area contributed by atoms with E-state index in [1.165, 1.54) is 64.3 Å². The molecule has 0 aromatic heterocycles. The highest BCUT2D eigenvalue weighted by molar-refractivity contribution is 6.86. The summed E-state index contributed by atoms with van der Waals surface area (Å²) in [5, 5.41) is 0. The molecule has 0 bridgehead atoms. The fourth-order valence-electron chi connectivity index (χ4n) is 4.56. The van der Waals surface area contributed by atoms with E-state index in [9.17, 15) is 0 Å². The highest BCUT2D eigenvalue weighted by Crippen LogP contribution is 2.32. The average Bonchev–Trinajstić information content (AvgIpc) is 2.45. The van der Waals surface area contributed by atoms with E-state index >= 15 is 0 Å². The Hall–Kier alpha value is 0.0748. The second-order valence-electron chi connectivity index (χ2n) is 6.15. The maximum Gasteiger partial charge on any atom is 0.290 e. The van der Waals surface area contributed by atoms with E-state index in [0.717, 1.165) is 14.0 Å². The Morgan fingerprint density at radius 3 is 2.17 bits per heavy atom. The van der Waals surface area contributed by atoms with E-state index in [4.69, 9.17) is 0 Å². The Bertz CT molecular complexity index is 226. The van der Waals surface area contributed by atoms with Gasteiger partial charge in [-0.25, -0.2) is 0 Å². The summed E-state index contributed by atoms with van der Waals surface area (Å²) in [6.45, 7) is 10.8. The zero-order valence-electron chi connectivity index (χ0n) is 12.1. The van der Waals surface area contributed by atoms with Crippen LogP contribution in [0.1, 0.15) is 39.5 Å². The summed E-state index contributed by atoms with van der Waals surface area (Å²) in [6, 6.07) is 0. The van der Waals surface area contributed by atoms with Gasteiger partial charge < -0.3 is 14.2 Å². The highest BCUT2D eigenvalue weighted by Gasteiger charge is 2.51. The Morgan fingerprint density at radius 1 is 0.833 bits per heavy atom. The van der Waals surface area contributed by atoms with Crippen molar-refractivity contribution in [3.63, 3.8) is 0 Å². The van der Waals surface area contributed by atoms with Crippen molar-refractivity contribution in [2.24, 2.45) is 0 Å². The Kier molecular flexibility index (Phi) is 4.07. The molecule has 0 aromatic rings. The smallest absolute Gasteiger partial charge is 0.290 e. The van der Waals surface area contributed by atoms with E-state index in [0.29, 0.717) is 6.98 Å². The van der Waals surface area contributed by atoms with E-state index in [-0.39, 0.29) is 0 Å². The third-order valence-corrected chi connectivity index (χ3v) is 5.28. The molecule has 0 saturated carbocycles. The number of hydrogen-bond donors (Lipinski definition) is 0. The Labute approximate surface area is 114 Å². The van der Waals surface area contributed by atoms with Gasteiger partial charge in [-0.2, -0.15) is 0 Å². The Balaban J connectivity index is 1.87. The second-order valence-corrected chi connectivity index (χ2v) is 6.15. The van der Waals surface area contributed by atoms with Gasteiger partial charge >= 0.3 is 0 Å². The highest BCUT2D eigenvalue weighted by atomic mass is 15.3. The summed E-state index contributed by atoms with van der Waals surface area (Å²) >= 11 is 0. The molecule has 0 radical (unpaired) electrons. The van der Waals surface area contributed by atoms with Crippen LogP contribution in [0.3, 0.4) is 0 Å². The van der Waals surface area contributed by atoms with Crippen molar-refractivity contribution in [1.82, 2.24) is 14.2 Å². The van der Waals surface area contributed by atoms with Crippen LogP contribution in [0.5, 0.6) is 0 Å². The molecule has 0 aliphatic carbocycles. The largest absolute Gasteiger partial charge is 0.357 e. The van der Waals surface area contributed by atoms with Gasteiger partial charge in [-0.05, 0) is 51.4 Å². The lowest BCUT2D eigenvalue weighted by atomic mass is 9.38. The molecule has 0 aromatic carbocycles. The summed E-state index contributed by atoms with van der Waals surface area (Å²) in [4.78, 5) is 0. The first-order valence-corrected chi connectivity index (χ1v) is 8.14. The molecule has 3 fully saturated rings. The standard InChI is InChI=1S/C12H26B3N3/c1-3-13-16(4-2)14-9-5-8-12-18(14)15-10-6-7-11-17(13)15/h3-12H2,1-2H3. The van der Waals surface area contributed by atoms with Crippen LogP contribution in [-0.2, 0) is 0 Å². The first-order valence-electron chi connectivity index (χ1n) is 8.14. The van der Waals surface area contributed by atoms with Crippen molar-refractivity contribution in [1.29, 1.82) is 0 Å². The monoisotopic (exact) mass is 245 g/mol. The molecule has 0 unspecified atom stereocenters. The van der Waals surface area contributed by atoms with Gasteiger partial charge in [0.25, 0.3) is 20.9 Å². The molecule has 3 aliphatic rings. The first-order chi connectivity index (χ1) is 8.86. The summed E-state index contributed by atoms with van der Waals surface area (Å²) in [5.74, 6) is 0. The zero-order chi connectivity index (χ0) is 12.5. The molecule has 3 nitrogen and oxygen atoms in total. The summed E-state index contributed by atoms with van der Waals surface area (Å²) in [7, 11) is 0. The lowest BCUT2D eigenvalue weighted by Crippen LogP contribution is -2.78. The van der Waals surface area contributed by atoms with E-state index in [2.05, 4.69) is 28.0 Å². The van der Waals surface area contributed by atoms with Crippen LogP contribution < -0.4 is 0 Å². The molecule has 0 N–H and O–H groups in total. The number of hydrogen-bond acceptors (Lipinski definition) is 3. The quantitative estimate of drug-likeness (QED) is 0.688. The molecule has 0 atom stereocenters. The fourth-order valence-corrected chi connectivity index (χ4v) is 4.56. The molecule has 98 valence electrons. The molecule has 3 aliphatic heterocycles. The molecule has 18 heavy (non-hydrogen) atoms. The SMILES string of the molecule is CCB1N(CC)B2CCCCN2B2CCCCN12. The average molecular weight is 245 g/mol. The van der Waals surface area contributed by atoms with Gasteiger partial charge in [-0.3, -0.25) is 0 Å². The van der Waals surface area contributed by atoms with Crippen molar-refractivity contribution in [3.05, 3.63) is 0 Å². The van der Waals surface area contributed by atoms with Gasteiger partial charge in [-0.15, -0.1) is 0 Å². The van der Waals surface area contributed by atoms with E-state index < -0.39 is 0 Å². The van der Waals surface area contributed by atoms with Gasteiger partial charge in [0.2, 0.25) is 0 Å². The summed E-state index contributed by atoms with van der Waals surface area (Å²) in [6.07, 6.45) is 9.78. The second kappa shape index (κ2) is 5.60. The van der Waals surface area contributed by atoms with Crippen molar-refractivity contribution in [3.8, 4) is 0 Å². The van der Waals surface area contributed by atoms with Crippen LogP contribution in [0.4, 0.5) is 0 Å². The predicted molar refractivity (Wildman–Crippen MR) is 81.6 cm³/mol. The molecule has 0 amide bonds. The van der Waals surface area contributed by atoms with Crippen LogP contribution in [0.2, 0.25) is 19.0 Å². The zero-order valence-corrected chi connectivity index (χ0v) is 12.1. The Morgan fingerprint density at radius 2 is 1.50 bits per heavy atom. The van der Waals surface area contributed by atoms with Crippen molar-refractivity contribution < 1.29 is 0 Å². The lowest BCUT2D eigenvalue weighted by Gasteiger charge is -2.57. The molecular formula is C12H26B3N3. The van der Waals surface area contributed by atoms with Crippen LogP contribution in [0, 0.1) is 0 Å². The van der Waals surface area contributed by atoms with Gasteiger partial charge in [0.1, 0.15) is 0 Å². The first kappa shape index (κ1) is 13.1. The topological polar surface area (TPSA) is 9.72 Å². The molecule has 3 saturated heterocycles. The van der Waals surface area contributed by atoms with Crippen LogP contribution in [0.15, 0.2) is 0 Å². The van der Waals surface area contributed by atoms with E-state index in [1.54, 1.807) is 0 Å². The lowest BCUT2D eigenvalue weighted by molar-refractivity contribution is 0.382. The molecule has 0 spiro atoms. The van der Waals surface area contributed by atoms with Crippen LogP contribution in [0.25, 0.3) is 0 Å². The number of rotatable bonds is 2. The van der Waals surface area contributed by atoms with Crippen molar-refractivity contribution in [2.75, 3.05) is 19.6 Å². The van der Waals surface area contributed by atoms with Gasteiger partial charge in [0.15, 0.2) is 0 Å². The molecule has 3 heterocycles. The molecular weight excluding hydrogens is 219 g/mol. The maximum atomic E-state index is 2.83. The predicted octanol–water partition coefficient (Wildman–Crippen LogP) is 2.00.